The van der Waals surface area contributed by atoms with Gasteiger partial charge in [-0.15, -0.1) is 5.10 Å². The summed E-state index contributed by atoms with van der Waals surface area (Å²) in [4.78, 5) is 12.2. The molecule has 1 amide bonds. The van der Waals surface area contributed by atoms with E-state index in [0.29, 0.717) is 16.9 Å². The van der Waals surface area contributed by atoms with E-state index in [0.717, 1.165) is 4.68 Å². The van der Waals surface area contributed by atoms with Crippen molar-refractivity contribution >= 4 is 11.6 Å². The van der Waals surface area contributed by atoms with Crippen molar-refractivity contribution in [1.82, 2.24) is 30.0 Å². The maximum atomic E-state index is 12.3. The molecule has 0 saturated heterocycles. The van der Waals surface area contributed by atoms with Crippen molar-refractivity contribution in [2.75, 3.05) is 5.32 Å². The summed E-state index contributed by atoms with van der Waals surface area (Å²) in [7, 11) is 0. The van der Waals surface area contributed by atoms with Crippen LogP contribution < -0.4 is 5.32 Å². The monoisotopic (exact) mass is 319 g/mol. The molecule has 0 fully saturated rings. The fraction of sp³-hybridized carbons (Fsp3) is 0.154. The quantitative estimate of drug-likeness (QED) is 0.767. The molecule has 10 heteroatoms. The van der Waals surface area contributed by atoms with Crippen LogP contribution in [-0.2, 0) is 6.54 Å². The number of hydrogen-bond acceptors (Lipinski definition) is 5. The summed E-state index contributed by atoms with van der Waals surface area (Å²) in [5.41, 5.74) is 1.33. The number of rotatable bonds is 5. The van der Waals surface area contributed by atoms with Crippen molar-refractivity contribution in [3.8, 4) is 5.69 Å². The third-order valence-electron chi connectivity index (χ3n) is 2.94. The van der Waals surface area contributed by atoms with Crippen molar-refractivity contribution < 1.29 is 13.6 Å². The minimum atomic E-state index is -2.51. The number of anilines is 1. The molecule has 2 heterocycles. The van der Waals surface area contributed by atoms with Crippen molar-refractivity contribution in [3.63, 3.8) is 0 Å². The first-order chi connectivity index (χ1) is 11.1. The van der Waals surface area contributed by atoms with Gasteiger partial charge in [-0.3, -0.25) is 9.48 Å². The standard InChI is InChI=1S/C13H11F2N7O/c14-12(15)7-21-6-10(5-17-21)18-13(23)9-2-1-3-11(4-9)22-8-16-19-20-22/h1-6,8,12H,7H2,(H,18,23). The summed E-state index contributed by atoms with van der Waals surface area (Å²) in [6.45, 7) is -0.523. The number of carbonyl (C=O) groups excluding carboxylic acids is 1. The topological polar surface area (TPSA) is 90.5 Å². The van der Waals surface area contributed by atoms with Crippen LogP contribution in [0.15, 0.2) is 43.0 Å². The van der Waals surface area contributed by atoms with Gasteiger partial charge in [0.05, 0.1) is 17.6 Å². The molecule has 0 spiro atoms. The molecule has 8 nitrogen and oxygen atoms in total. The Kier molecular flexibility index (Phi) is 4.04. The fourth-order valence-electron chi connectivity index (χ4n) is 1.94. The summed E-state index contributed by atoms with van der Waals surface area (Å²) in [6.07, 6.45) is 1.55. The number of alkyl halides is 2. The van der Waals surface area contributed by atoms with Crippen LogP contribution in [-0.4, -0.2) is 42.3 Å². The lowest BCUT2D eigenvalue weighted by molar-refractivity contribution is 0.102. The molecule has 0 bridgehead atoms. The van der Waals surface area contributed by atoms with Gasteiger partial charge in [-0.05, 0) is 28.6 Å². The Bertz CT molecular complexity index is 800. The summed E-state index contributed by atoms with van der Waals surface area (Å²) in [6, 6.07) is 6.65. The lowest BCUT2D eigenvalue weighted by Crippen LogP contribution is -2.12. The maximum Gasteiger partial charge on any atom is 0.257 e. The highest BCUT2D eigenvalue weighted by molar-refractivity contribution is 6.04. The molecule has 23 heavy (non-hydrogen) atoms. The molecule has 0 aliphatic heterocycles. The zero-order valence-corrected chi connectivity index (χ0v) is 11.7. The molecule has 0 saturated carbocycles. The number of nitrogens with one attached hydrogen (secondary N) is 1. The minimum absolute atomic E-state index is 0.337. The smallest absolute Gasteiger partial charge is 0.257 e. The second-order valence-electron chi connectivity index (χ2n) is 4.60. The van der Waals surface area contributed by atoms with Gasteiger partial charge < -0.3 is 5.32 Å². The Morgan fingerprint density at radius 2 is 2.22 bits per heavy atom. The van der Waals surface area contributed by atoms with Crippen LogP contribution in [0.5, 0.6) is 0 Å². The molecule has 0 aliphatic carbocycles. The number of carbonyl (C=O) groups is 1. The van der Waals surface area contributed by atoms with Crippen LogP contribution in [0.2, 0.25) is 0 Å². The number of amides is 1. The van der Waals surface area contributed by atoms with Crippen LogP contribution >= 0.6 is 0 Å². The molecular weight excluding hydrogens is 308 g/mol. The van der Waals surface area contributed by atoms with Gasteiger partial charge in [-0.1, -0.05) is 6.07 Å². The van der Waals surface area contributed by atoms with E-state index in [1.54, 1.807) is 24.3 Å². The van der Waals surface area contributed by atoms with Gasteiger partial charge in [0.15, 0.2) is 0 Å². The van der Waals surface area contributed by atoms with Gasteiger partial charge >= 0.3 is 0 Å². The Morgan fingerprint density at radius 1 is 1.35 bits per heavy atom. The van der Waals surface area contributed by atoms with Gasteiger partial charge in [0.2, 0.25) is 0 Å². The third-order valence-corrected chi connectivity index (χ3v) is 2.94. The molecule has 0 radical (unpaired) electrons. The van der Waals surface area contributed by atoms with Crippen molar-refractivity contribution in [3.05, 3.63) is 48.5 Å². The molecule has 1 aromatic carbocycles. The van der Waals surface area contributed by atoms with Gasteiger partial charge in [-0.25, -0.2) is 13.5 Å². The third kappa shape index (κ3) is 3.54. The number of tetrazole rings is 1. The fourth-order valence-corrected chi connectivity index (χ4v) is 1.94. The van der Waals surface area contributed by atoms with Gasteiger partial charge in [0.25, 0.3) is 12.3 Å². The lowest BCUT2D eigenvalue weighted by Gasteiger charge is -2.05. The van der Waals surface area contributed by atoms with E-state index in [-0.39, 0.29) is 0 Å². The second-order valence-corrected chi connectivity index (χ2v) is 4.60. The number of benzene rings is 1. The number of halogens is 2. The lowest BCUT2D eigenvalue weighted by atomic mass is 10.2. The van der Waals surface area contributed by atoms with Crippen molar-refractivity contribution in [1.29, 1.82) is 0 Å². The summed E-state index contributed by atoms with van der Waals surface area (Å²) in [5, 5.41) is 17.1. The molecule has 118 valence electrons. The van der Waals surface area contributed by atoms with Gasteiger partial charge in [0.1, 0.15) is 12.9 Å². The minimum Gasteiger partial charge on any atom is -0.319 e. The van der Waals surface area contributed by atoms with Crippen LogP contribution in [0.3, 0.4) is 0 Å². The highest BCUT2D eigenvalue weighted by Crippen LogP contribution is 2.12. The summed E-state index contributed by atoms with van der Waals surface area (Å²) >= 11 is 0. The molecule has 0 atom stereocenters. The Labute approximate surface area is 128 Å². The first-order valence-corrected chi connectivity index (χ1v) is 6.57. The molecule has 1 N–H and O–H groups in total. The first-order valence-electron chi connectivity index (χ1n) is 6.57. The molecule has 3 aromatic rings. The predicted octanol–water partition coefficient (Wildman–Crippen LogP) is 1.38. The normalized spacial score (nSPS) is 10.9. The van der Waals surface area contributed by atoms with Gasteiger partial charge in [-0.2, -0.15) is 5.10 Å². The van der Waals surface area contributed by atoms with Crippen LogP contribution in [0.1, 0.15) is 10.4 Å². The Hall–Kier alpha value is -3.17. The zero-order valence-electron chi connectivity index (χ0n) is 11.7. The van der Waals surface area contributed by atoms with E-state index >= 15 is 0 Å². The largest absolute Gasteiger partial charge is 0.319 e. The maximum absolute atomic E-state index is 12.3. The van der Waals surface area contributed by atoms with Crippen LogP contribution in [0.4, 0.5) is 14.5 Å². The molecule has 3 rings (SSSR count). The van der Waals surface area contributed by atoms with Crippen molar-refractivity contribution in [2.24, 2.45) is 0 Å². The predicted molar refractivity (Wildman–Crippen MR) is 75.3 cm³/mol. The number of hydrogen-bond donors (Lipinski definition) is 1. The van der Waals surface area contributed by atoms with E-state index in [9.17, 15) is 13.6 Å². The average molecular weight is 319 g/mol. The van der Waals surface area contributed by atoms with E-state index in [1.165, 1.54) is 23.4 Å². The van der Waals surface area contributed by atoms with Crippen molar-refractivity contribution in [2.45, 2.75) is 13.0 Å². The van der Waals surface area contributed by atoms with E-state index in [2.05, 4.69) is 25.9 Å². The number of aromatic nitrogens is 6. The van der Waals surface area contributed by atoms with Gasteiger partial charge in [0, 0.05) is 11.8 Å². The average Bonchev–Trinajstić information content (AvgIpc) is 3.19. The Morgan fingerprint density at radius 3 is 2.96 bits per heavy atom. The van der Waals surface area contributed by atoms with Crippen LogP contribution in [0.25, 0.3) is 5.69 Å². The highest BCUT2D eigenvalue weighted by atomic mass is 19.3. The SMILES string of the molecule is O=C(Nc1cnn(CC(F)F)c1)c1cccc(-n2cnnn2)c1. The van der Waals surface area contributed by atoms with Crippen LogP contribution in [0, 0.1) is 0 Å². The van der Waals surface area contributed by atoms with E-state index in [4.69, 9.17) is 0 Å². The number of nitrogens with zero attached hydrogens (tertiary/aromatic N) is 6. The molecule has 0 aliphatic rings. The highest BCUT2D eigenvalue weighted by Gasteiger charge is 2.11. The van der Waals surface area contributed by atoms with E-state index < -0.39 is 18.9 Å². The summed E-state index contributed by atoms with van der Waals surface area (Å²) < 4.78 is 27.0. The zero-order chi connectivity index (χ0) is 16.2. The molecule has 2 aromatic heterocycles. The Balaban J connectivity index is 1.73. The second kappa shape index (κ2) is 6.30. The van der Waals surface area contributed by atoms with E-state index in [1.807, 2.05) is 0 Å². The summed E-state index contributed by atoms with van der Waals surface area (Å²) in [5.74, 6) is -0.392. The molecular formula is C13H11F2N7O. The molecule has 0 unspecified atom stereocenters. The first kappa shape index (κ1) is 14.8.